The lowest BCUT2D eigenvalue weighted by Crippen LogP contribution is -2.07. The van der Waals surface area contributed by atoms with Crippen LogP contribution in [0.4, 0.5) is 5.82 Å². The van der Waals surface area contributed by atoms with Crippen molar-refractivity contribution in [2.45, 2.75) is 6.92 Å². The Hall–Kier alpha value is -3.40. The van der Waals surface area contributed by atoms with Crippen LogP contribution in [-0.2, 0) is 4.74 Å². The quantitative estimate of drug-likeness (QED) is 0.742. The summed E-state index contributed by atoms with van der Waals surface area (Å²) >= 11 is 0. The van der Waals surface area contributed by atoms with Crippen LogP contribution in [0.25, 0.3) is 16.9 Å². The van der Waals surface area contributed by atoms with Gasteiger partial charge >= 0.3 is 5.97 Å². The molecule has 0 saturated carbocycles. The van der Waals surface area contributed by atoms with Crippen LogP contribution in [0.1, 0.15) is 22.8 Å². The van der Waals surface area contributed by atoms with Crippen molar-refractivity contribution in [3.63, 3.8) is 0 Å². The Bertz CT molecular complexity index is 925. The van der Waals surface area contributed by atoms with E-state index in [1.54, 1.807) is 6.92 Å². The molecule has 2 heterocycles. The lowest BCUT2D eigenvalue weighted by Gasteiger charge is -2.03. The molecule has 2 aromatic heterocycles. The van der Waals surface area contributed by atoms with Gasteiger partial charge in [0, 0.05) is 5.56 Å². The van der Waals surface area contributed by atoms with Crippen molar-refractivity contribution < 1.29 is 9.53 Å². The van der Waals surface area contributed by atoms with E-state index in [4.69, 9.17) is 15.7 Å². The van der Waals surface area contributed by atoms with Crippen LogP contribution in [0.2, 0.25) is 0 Å². The number of ether oxygens (including phenoxy) is 1. The second-order valence-electron chi connectivity index (χ2n) is 4.71. The van der Waals surface area contributed by atoms with Gasteiger partial charge < -0.3 is 10.5 Å². The highest BCUT2D eigenvalue weighted by Gasteiger charge is 2.24. The number of carbonyl (C=O) groups is 1. The Labute approximate surface area is 131 Å². The highest BCUT2D eigenvalue weighted by Crippen LogP contribution is 2.27. The van der Waals surface area contributed by atoms with Gasteiger partial charge in [-0.25, -0.2) is 9.78 Å². The highest BCUT2D eigenvalue weighted by molar-refractivity contribution is 6.02. The molecule has 0 atom stereocenters. The zero-order chi connectivity index (χ0) is 16.4. The van der Waals surface area contributed by atoms with E-state index in [2.05, 4.69) is 10.1 Å². The summed E-state index contributed by atoms with van der Waals surface area (Å²) in [5.41, 5.74) is 7.78. The van der Waals surface area contributed by atoms with E-state index in [0.717, 1.165) is 5.56 Å². The van der Waals surface area contributed by atoms with Crippen LogP contribution < -0.4 is 5.73 Å². The number of nitrogen functional groups attached to an aromatic ring is 1. The molecule has 23 heavy (non-hydrogen) atoms. The van der Waals surface area contributed by atoms with E-state index in [0.29, 0.717) is 5.69 Å². The third-order valence-corrected chi connectivity index (χ3v) is 3.33. The summed E-state index contributed by atoms with van der Waals surface area (Å²) in [5, 5.41) is 13.4. The molecule has 0 unspecified atom stereocenters. The average Bonchev–Trinajstić information content (AvgIpc) is 2.97. The molecule has 0 bridgehead atoms. The van der Waals surface area contributed by atoms with Crippen molar-refractivity contribution >= 4 is 17.4 Å². The third-order valence-electron chi connectivity index (χ3n) is 3.33. The first kappa shape index (κ1) is 14.5. The summed E-state index contributed by atoms with van der Waals surface area (Å²) in [6, 6.07) is 11.1. The summed E-state index contributed by atoms with van der Waals surface area (Å²) < 4.78 is 6.41. The molecule has 3 rings (SSSR count). The van der Waals surface area contributed by atoms with Crippen LogP contribution in [-0.4, -0.2) is 27.2 Å². The predicted molar refractivity (Wildman–Crippen MR) is 83.5 cm³/mol. The van der Waals surface area contributed by atoms with Gasteiger partial charge in [-0.15, -0.1) is 0 Å². The fraction of sp³-hybridized carbons (Fsp3) is 0.125. The van der Waals surface area contributed by atoms with Crippen LogP contribution in [0, 0.1) is 11.3 Å². The Morgan fingerprint density at radius 3 is 2.78 bits per heavy atom. The first-order valence-electron chi connectivity index (χ1n) is 6.97. The summed E-state index contributed by atoms with van der Waals surface area (Å²) in [6.07, 6.45) is 1.32. The van der Waals surface area contributed by atoms with Crippen molar-refractivity contribution in [3.05, 3.63) is 47.7 Å². The second-order valence-corrected chi connectivity index (χ2v) is 4.71. The minimum Gasteiger partial charge on any atom is -0.462 e. The topological polar surface area (TPSA) is 106 Å². The van der Waals surface area contributed by atoms with Crippen molar-refractivity contribution in [1.29, 1.82) is 5.26 Å². The summed E-state index contributed by atoms with van der Waals surface area (Å²) in [6.45, 7) is 1.96. The maximum absolute atomic E-state index is 12.4. The number of fused-ring (bicyclic) bond motifs is 1. The molecule has 1 aromatic carbocycles. The van der Waals surface area contributed by atoms with Crippen LogP contribution in [0.5, 0.6) is 0 Å². The van der Waals surface area contributed by atoms with Gasteiger partial charge in [0.15, 0.2) is 5.65 Å². The van der Waals surface area contributed by atoms with E-state index in [-0.39, 0.29) is 29.2 Å². The van der Waals surface area contributed by atoms with Crippen molar-refractivity contribution in [3.8, 4) is 17.3 Å². The normalized spacial score (nSPS) is 10.4. The molecular formula is C16H13N5O2. The Balaban J connectivity index is 2.34. The molecule has 7 nitrogen and oxygen atoms in total. The number of nitriles is 1. The summed E-state index contributed by atoms with van der Waals surface area (Å²) in [7, 11) is 0. The molecule has 3 aromatic rings. The minimum absolute atomic E-state index is 0.130. The zero-order valence-corrected chi connectivity index (χ0v) is 12.4. The zero-order valence-electron chi connectivity index (χ0n) is 12.4. The lowest BCUT2D eigenvalue weighted by molar-refractivity contribution is 0.0529. The van der Waals surface area contributed by atoms with E-state index in [1.807, 2.05) is 36.4 Å². The SMILES string of the molecule is CCOC(=O)c1c(-c2ccccc2)nn2c(N)c(C#N)cnc12. The smallest absolute Gasteiger partial charge is 0.344 e. The maximum atomic E-state index is 12.4. The molecule has 114 valence electrons. The summed E-state index contributed by atoms with van der Waals surface area (Å²) in [5.74, 6) is -0.400. The first-order chi connectivity index (χ1) is 11.2. The second kappa shape index (κ2) is 5.77. The molecule has 0 spiro atoms. The average molecular weight is 307 g/mol. The molecule has 0 fully saturated rings. The highest BCUT2D eigenvalue weighted by atomic mass is 16.5. The van der Waals surface area contributed by atoms with Gasteiger partial charge in [-0.1, -0.05) is 30.3 Å². The number of aromatic nitrogens is 3. The fourth-order valence-electron chi connectivity index (χ4n) is 2.28. The molecule has 7 heteroatoms. The van der Waals surface area contributed by atoms with Gasteiger partial charge in [-0.2, -0.15) is 14.9 Å². The predicted octanol–water partition coefficient (Wildman–Crippen LogP) is 2.03. The number of nitrogens with zero attached hydrogens (tertiary/aromatic N) is 4. The van der Waals surface area contributed by atoms with Gasteiger partial charge in [0.05, 0.1) is 12.8 Å². The number of rotatable bonds is 3. The standard InChI is InChI=1S/C16H13N5O2/c1-2-23-16(22)12-13(10-6-4-3-5-7-10)20-21-14(18)11(8-17)9-19-15(12)21/h3-7,9H,2,18H2,1H3. The van der Waals surface area contributed by atoms with Crippen LogP contribution in [0.15, 0.2) is 36.5 Å². The van der Waals surface area contributed by atoms with E-state index >= 15 is 0 Å². The first-order valence-corrected chi connectivity index (χ1v) is 6.97. The number of anilines is 1. The molecule has 0 aliphatic carbocycles. The van der Waals surface area contributed by atoms with Crippen molar-refractivity contribution in [2.24, 2.45) is 0 Å². The minimum atomic E-state index is -0.530. The number of hydrogen-bond acceptors (Lipinski definition) is 6. The van der Waals surface area contributed by atoms with Crippen molar-refractivity contribution in [1.82, 2.24) is 14.6 Å². The monoisotopic (exact) mass is 307 g/mol. The number of carbonyl (C=O) groups excluding carboxylic acids is 1. The van der Waals surface area contributed by atoms with E-state index < -0.39 is 5.97 Å². The molecule has 0 amide bonds. The summed E-state index contributed by atoms with van der Waals surface area (Å²) in [4.78, 5) is 16.5. The molecule has 0 radical (unpaired) electrons. The number of esters is 1. The van der Waals surface area contributed by atoms with Gasteiger partial charge in [0.25, 0.3) is 0 Å². The lowest BCUT2D eigenvalue weighted by atomic mass is 10.1. The Morgan fingerprint density at radius 2 is 2.13 bits per heavy atom. The van der Waals surface area contributed by atoms with Crippen LogP contribution >= 0.6 is 0 Å². The third kappa shape index (κ3) is 2.36. The fourth-order valence-corrected chi connectivity index (χ4v) is 2.28. The largest absolute Gasteiger partial charge is 0.462 e. The van der Waals surface area contributed by atoms with Gasteiger partial charge in [-0.05, 0) is 6.92 Å². The van der Waals surface area contributed by atoms with Crippen LogP contribution in [0.3, 0.4) is 0 Å². The molecule has 2 N–H and O–H groups in total. The molecule has 0 aliphatic heterocycles. The number of benzene rings is 1. The van der Waals surface area contributed by atoms with E-state index in [9.17, 15) is 4.79 Å². The Morgan fingerprint density at radius 1 is 1.39 bits per heavy atom. The van der Waals surface area contributed by atoms with Gasteiger partial charge in [0.2, 0.25) is 0 Å². The van der Waals surface area contributed by atoms with E-state index in [1.165, 1.54) is 10.7 Å². The molecule has 0 saturated heterocycles. The van der Waals surface area contributed by atoms with Crippen molar-refractivity contribution in [2.75, 3.05) is 12.3 Å². The van der Waals surface area contributed by atoms with Gasteiger partial charge in [-0.3, -0.25) is 0 Å². The molecule has 0 aliphatic rings. The number of nitrogens with two attached hydrogens (primary N) is 1. The number of hydrogen-bond donors (Lipinski definition) is 1. The molecular weight excluding hydrogens is 294 g/mol. The van der Waals surface area contributed by atoms with Gasteiger partial charge in [0.1, 0.15) is 28.7 Å². The Kier molecular flexibility index (Phi) is 3.65. The maximum Gasteiger partial charge on any atom is 0.344 e.